The number of hydrogen-bond acceptors (Lipinski definition) is 3. The van der Waals surface area contributed by atoms with Crippen LogP contribution in [0.15, 0.2) is 11.6 Å². The molecule has 0 radical (unpaired) electrons. The fourth-order valence-electron chi connectivity index (χ4n) is 2.26. The van der Waals surface area contributed by atoms with Crippen molar-refractivity contribution in [1.82, 2.24) is 5.32 Å². The Balaban J connectivity index is 2.80. The van der Waals surface area contributed by atoms with Gasteiger partial charge in [-0.25, -0.2) is 4.79 Å². The van der Waals surface area contributed by atoms with E-state index in [1.54, 1.807) is 0 Å². The summed E-state index contributed by atoms with van der Waals surface area (Å²) in [6.07, 6.45) is 5.86. The first-order valence-corrected chi connectivity index (χ1v) is 6.06. The second kappa shape index (κ2) is 5.84. The van der Waals surface area contributed by atoms with E-state index in [0.717, 1.165) is 24.8 Å². The molecule has 0 aromatic heterocycles. The molecule has 0 spiro atoms. The van der Waals surface area contributed by atoms with Crippen LogP contribution in [-0.4, -0.2) is 24.5 Å². The molecule has 1 aliphatic carbocycles. The van der Waals surface area contributed by atoms with Crippen LogP contribution in [-0.2, 0) is 14.3 Å². The second-order valence-corrected chi connectivity index (χ2v) is 4.85. The molecule has 0 aromatic rings. The Morgan fingerprint density at radius 1 is 1.18 bits per heavy atom. The third kappa shape index (κ3) is 3.58. The van der Waals surface area contributed by atoms with Gasteiger partial charge in [0.05, 0.1) is 7.11 Å². The van der Waals surface area contributed by atoms with Crippen LogP contribution in [0.3, 0.4) is 0 Å². The smallest absolute Gasteiger partial charge is 0.331 e. The topological polar surface area (TPSA) is 55.4 Å². The number of rotatable bonds is 3. The zero-order chi connectivity index (χ0) is 12.9. The van der Waals surface area contributed by atoms with Crippen molar-refractivity contribution in [2.45, 2.75) is 51.5 Å². The molecule has 1 N–H and O–H groups in total. The Labute approximate surface area is 102 Å². The van der Waals surface area contributed by atoms with Crippen molar-refractivity contribution < 1.29 is 14.3 Å². The number of amides is 1. The number of esters is 1. The van der Waals surface area contributed by atoms with Crippen molar-refractivity contribution in [1.29, 1.82) is 0 Å². The van der Waals surface area contributed by atoms with Gasteiger partial charge in [0, 0.05) is 6.08 Å². The zero-order valence-corrected chi connectivity index (χ0v) is 10.8. The van der Waals surface area contributed by atoms with E-state index in [4.69, 9.17) is 4.74 Å². The van der Waals surface area contributed by atoms with Crippen molar-refractivity contribution in [2.75, 3.05) is 7.11 Å². The first kappa shape index (κ1) is 13.7. The van der Waals surface area contributed by atoms with Gasteiger partial charge in [-0.3, -0.25) is 4.79 Å². The van der Waals surface area contributed by atoms with Crippen molar-refractivity contribution in [3.05, 3.63) is 11.6 Å². The third-order valence-electron chi connectivity index (χ3n) is 3.07. The SMILES string of the molecule is COC(=O)C1(NC(=O)C=C(C)C)CCCCC1. The molecule has 1 fully saturated rings. The Morgan fingerprint density at radius 3 is 2.24 bits per heavy atom. The fourth-order valence-corrected chi connectivity index (χ4v) is 2.26. The average molecular weight is 239 g/mol. The van der Waals surface area contributed by atoms with Gasteiger partial charge < -0.3 is 10.1 Å². The fraction of sp³-hybridized carbons (Fsp3) is 0.692. The normalized spacial score (nSPS) is 18.1. The number of allylic oxidation sites excluding steroid dienone is 1. The molecule has 1 amide bonds. The van der Waals surface area contributed by atoms with E-state index in [1.165, 1.54) is 13.2 Å². The molecule has 1 rings (SSSR count). The quantitative estimate of drug-likeness (QED) is 0.605. The largest absolute Gasteiger partial charge is 0.467 e. The lowest BCUT2D eigenvalue weighted by Gasteiger charge is -2.34. The summed E-state index contributed by atoms with van der Waals surface area (Å²) in [6.45, 7) is 3.70. The van der Waals surface area contributed by atoms with Crippen LogP contribution in [0.2, 0.25) is 0 Å². The lowest BCUT2D eigenvalue weighted by atomic mass is 9.81. The molecule has 0 aromatic carbocycles. The van der Waals surface area contributed by atoms with Crippen molar-refractivity contribution >= 4 is 11.9 Å². The molecule has 96 valence electrons. The summed E-state index contributed by atoms with van der Waals surface area (Å²) in [4.78, 5) is 23.6. The maximum Gasteiger partial charge on any atom is 0.331 e. The molecule has 1 aliphatic rings. The highest BCUT2D eigenvalue weighted by Gasteiger charge is 2.41. The van der Waals surface area contributed by atoms with Gasteiger partial charge in [0.1, 0.15) is 5.54 Å². The summed E-state index contributed by atoms with van der Waals surface area (Å²) in [5, 5.41) is 2.82. The minimum Gasteiger partial charge on any atom is -0.467 e. The van der Waals surface area contributed by atoms with Crippen LogP contribution >= 0.6 is 0 Å². The number of nitrogens with one attached hydrogen (secondary N) is 1. The van der Waals surface area contributed by atoms with Crippen molar-refractivity contribution in [3.63, 3.8) is 0 Å². The molecule has 1 saturated carbocycles. The highest BCUT2D eigenvalue weighted by molar-refractivity contribution is 5.94. The minimum absolute atomic E-state index is 0.211. The molecule has 4 nitrogen and oxygen atoms in total. The zero-order valence-electron chi connectivity index (χ0n) is 10.8. The van der Waals surface area contributed by atoms with Crippen LogP contribution in [0.4, 0.5) is 0 Å². The molecule has 0 saturated heterocycles. The van der Waals surface area contributed by atoms with Crippen molar-refractivity contribution in [3.8, 4) is 0 Å². The summed E-state index contributed by atoms with van der Waals surface area (Å²) < 4.78 is 4.82. The number of ether oxygens (including phenoxy) is 1. The second-order valence-electron chi connectivity index (χ2n) is 4.85. The molecule has 0 heterocycles. The monoisotopic (exact) mass is 239 g/mol. The molecule has 4 heteroatoms. The van der Waals surface area contributed by atoms with Crippen LogP contribution in [0.1, 0.15) is 46.0 Å². The van der Waals surface area contributed by atoms with Crippen LogP contribution in [0, 0.1) is 0 Å². The minimum atomic E-state index is -0.809. The summed E-state index contributed by atoms with van der Waals surface area (Å²) in [6, 6.07) is 0. The Kier molecular flexibility index (Phi) is 4.73. The summed E-state index contributed by atoms with van der Waals surface area (Å²) in [5.74, 6) is -0.537. The van der Waals surface area contributed by atoms with Gasteiger partial charge in [0.25, 0.3) is 0 Å². The molecular weight excluding hydrogens is 218 g/mol. The molecule has 0 bridgehead atoms. The van der Waals surface area contributed by atoms with Gasteiger partial charge >= 0.3 is 5.97 Å². The predicted octanol–water partition coefficient (Wildman–Crippen LogP) is 1.94. The third-order valence-corrected chi connectivity index (χ3v) is 3.07. The first-order valence-electron chi connectivity index (χ1n) is 6.06. The number of carbonyl (C=O) groups excluding carboxylic acids is 2. The predicted molar refractivity (Wildman–Crippen MR) is 65.4 cm³/mol. The van der Waals surface area contributed by atoms with E-state index in [2.05, 4.69) is 5.32 Å². The average Bonchev–Trinajstić information content (AvgIpc) is 2.27. The highest BCUT2D eigenvalue weighted by atomic mass is 16.5. The lowest BCUT2D eigenvalue weighted by molar-refractivity contribution is -0.152. The van der Waals surface area contributed by atoms with Gasteiger partial charge in [-0.1, -0.05) is 24.8 Å². The molecule has 0 unspecified atom stereocenters. The summed E-state index contributed by atoms with van der Waals surface area (Å²) >= 11 is 0. The van der Waals surface area contributed by atoms with Gasteiger partial charge in [-0.2, -0.15) is 0 Å². The van der Waals surface area contributed by atoms with Gasteiger partial charge in [0.15, 0.2) is 0 Å². The summed E-state index contributed by atoms with van der Waals surface area (Å²) in [7, 11) is 1.37. The van der Waals surface area contributed by atoms with Crippen LogP contribution in [0.25, 0.3) is 0 Å². The molecule has 0 atom stereocenters. The van der Waals surface area contributed by atoms with E-state index in [-0.39, 0.29) is 11.9 Å². The van der Waals surface area contributed by atoms with E-state index in [0.29, 0.717) is 12.8 Å². The number of hydrogen-bond donors (Lipinski definition) is 1. The van der Waals surface area contributed by atoms with Crippen molar-refractivity contribution in [2.24, 2.45) is 0 Å². The lowest BCUT2D eigenvalue weighted by Crippen LogP contribution is -2.55. The van der Waals surface area contributed by atoms with E-state index >= 15 is 0 Å². The van der Waals surface area contributed by atoms with Crippen LogP contribution in [0.5, 0.6) is 0 Å². The summed E-state index contributed by atoms with van der Waals surface area (Å²) in [5.41, 5.74) is 0.106. The Morgan fingerprint density at radius 2 is 1.76 bits per heavy atom. The Hall–Kier alpha value is -1.32. The maximum absolute atomic E-state index is 11.9. The van der Waals surface area contributed by atoms with E-state index < -0.39 is 5.54 Å². The first-order chi connectivity index (χ1) is 8.00. The van der Waals surface area contributed by atoms with E-state index in [9.17, 15) is 9.59 Å². The number of methoxy groups -OCH3 is 1. The van der Waals surface area contributed by atoms with Gasteiger partial charge in [-0.15, -0.1) is 0 Å². The number of carbonyl (C=O) groups is 2. The molecule has 0 aliphatic heterocycles. The standard InChI is InChI=1S/C13H21NO3/c1-10(2)9-11(15)14-13(12(16)17-3)7-5-4-6-8-13/h9H,4-8H2,1-3H3,(H,14,15). The van der Waals surface area contributed by atoms with Gasteiger partial charge in [0.2, 0.25) is 5.91 Å². The van der Waals surface area contributed by atoms with Gasteiger partial charge in [-0.05, 0) is 26.7 Å². The van der Waals surface area contributed by atoms with Crippen LogP contribution < -0.4 is 5.32 Å². The molecule has 17 heavy (non-hydrogen) atoms. The highest BCUT2D eigenvalue weighted by Crippen LogP contribution is 2.29. The Bertz CT molecular complexity index is 324. The van der Waals surface area contributed by atoms with E-state index in [1.807, 2.05) is 13.8 Å². The maximum atomic E-state index is 11.9. The molecular formula is C13H21NO3.